The van der Waals surface area contributed by atoms with Gasteiger partial charge < -0.3 is 40.0 Å². The van der Waals surface area contributed by atoms with Crippen LogP contribution in [-0.4, -0.2) is 78.1 Å². The van der Waals surface area contributed by atoms with Crippen molar-refractivity contribution >= 4 is 16.9 Å². The molecular formula is C34H41N3O7. The van der Waals surface area contributed by atoms with Gasteiger partial charge >= 0.3 is 5.97 Å². The van der Waals surface area contributed by atoms with E-state index in [0.29, 0.717) is 59.6 Å². The number of hydrogen-bond donors (Lipinski definition) is 5. The zero-order valence-corrected chi connectivity index (χ0v) is 25.2. The summed E-state index contributed by atoms with van der Waals surface area (Å²) in [6.07, 6.45) is 1.74. The summed E-state index contributed by atoms with van der Waals surface area (Å²) in [5, 5.41) is 36.3. The second-order valence-electron chi connectivity index (χ2n) is 11.0. The molecule has 1 unspecified atom stereocenters. The number of aromatic amines is 1. The van der Waals surface area contributed by atoms with Gasteiger partial charge in [-0.15, -0.1) is 0 Å². The number of pyridine rings is 1. The van der Waals surface area contributed by atoms with Gasteiger partial charge in [-0.2, -0.15) is 0 Å². The van der Waals surface area contributed by atoms with Gasteiger partial charge in [-0.3, -0.25) is 4.79 Å². The minimum atomic E-state index is -1.98. The molecule has 0 aliphatic carbocycles. The molecule has 0 saturated carbocycles. The maximum Gasteiger partial charge on any atom is 0.347 e. The summed E-state index contributed by atoms with van der Waals surface area (Å²) < 4.78 is 11.4. The molecule has 0 amide bonds. The van der Waals surface area contributed by atoms with E-state index >= 15 is 0 Å². The monoisotopic (exact) mass is 603 g/mol. The molecule has 1 heterocycles. The van der Waals surface area contributed by atoms with E-state index in [-0.39, 0.29) is 17.9 Å². The van der Waals surface area contributed by atoms with Crippen molar-refractivity contribution < 1.29 is 29.6 Å². The van der Waals surface area contributed by atoms with Gasteiger partial charge in [0, 0.05) is 30.1 Å². The van der Waals surface area contributed by atoms with Crippen LogP contribution in [0.3, 0.4) is 0 Å². The van der Waals surface area contributed by atoms with Gasteiger partial charge in [-0.05, 0) is 75.3 Å². The van der Waals surface area contributed by atoms with E-state index in [4.69, 9.17) is 9.47 Å². The number of nitrogens with one attached hydrogen (secondary N) is 2. The van der Waals surface area contributed by atoms with Crippen molar-refractivity contribution in [1.29, 1.82) is 0 Å². The van der Waals surface area contributed by atoms with E-state index < -0.39 is 17.7 Å². The number of carbonyl (C=O) groups excluding carboxylic acids is 1. The molecule has 0 radical (unpaired) electrons. The molecule has 5 N–H and O–H groups in total. The topological polar surface area (TPSA) is 144 Å². The van der Waals surface area contributed by atoms with E-state index in [1.165, 1.54) is 12.1 Å². The maximum absolute atomic E-state index is 13.2. The zero-order valence-electron chi connectivity index (χ0n) is 25.2. The first-order chi connectivity index (χ1) is 21.2. The van der Waals surface area contributed by atoms with Crippen LogP contribution in [0.1, 0.15) is 42.1 Å². The fourth-order valence-electron chi connectivity index (χ4n) is 4.94. The number of carbonyl (C=O) groups is 1. The van der Waals surface area contributed by atoms with E-state index in [0.717, 1.165) is 19.3 Å². The number of ether oxygens (including phenoxy) is 2. The molecule has 4 aromatic rings. The number of aromatic nitrogens is 1. The van der Waals surface area contributed by atoms with Crippen molar-refractivity contribution in [1.82, 2.24) is 15.2 Å². The Balaban J connectivity index is 1.25. The van der Waals surface area contributed by atoms with Crippen molar-refractivity contribution in [3.63, 3.8) is 0 Å². The first-order valence-corrected chi connectivity index (χ1v) is 14.8. The molecular weight excluding hydrogens is 562 g/mol. The number of hydrogen-bond acceptors (Lipinski definition) is 9. The van der Waals surface area contributed by atoms with Gasteiger partial charge in [0.25, 0.3) is 0 Å². The molecule has 0 bridgehead atoms. The number of fused-ring (bicyclic) bond motifs is 1. The highest BCUT2D eigenvalue weighted by Gasteiger charge is 2.42. The number of aliphatic hydroxyl groups excluding tert-OH is 1. The SMILES string of the molecule is CN(C)CCOC(=O)C(O)(c1ccccc1)c1cccc(OCCCCCNC[C@H](O)c2ccc(O)c3[nH]c(=O)ccc23)c1. The summed E-state index contributed by atoms with van der Waals surface area (Å²) in [7, 11) is 3.76. The molecule has 3 aromatic carbocycles. The second-order valence-corrected chi connectivity index (χ2v) is 11.0. The Morgan fingerprint density at radius 2 is 1.73 bits per heavy atom. The van der Waals surface area contributed by atoms with E-state index in [1.54, 1.807) is 60.7 Å². The third-order valence-corrected chi connectivity index (χ3v) is 7.38. The summed E-state index contributed by atoms with van der Waals surface area (Å²) in [5.74, 6) is -0.240. The molecule has 4 rings (SSSR count). The number of benzene rings is 3. The van der Waals surface area contributed by atoms with Crippen molar-refractivity contribution in [3.8, 4) is 11.5 Å². The number of aromatic hydroxyl groups is 1. The summed E-state index contributed by atoms with van der Waals surface area (Å²) in [5.41, 5.74) is -0.585. The van der Waals surface area contributed by atoms with Crippen LogP contribution in [0.15, 0.2) is 83.7 Å². The molecule has 1 aromatic heterocycles. The molecule has 0 fully saturated rings. The van der Waals surface area contributed by atoms with Gasteiger partial charge in [0.2, 0.25) is 11.2 Å². The fraction of sp³-hybridized carbons (Fsp3) is 0.353. The number of esters is 1. The highest BCUT2D eigenvalue weighted by atomic mass is 16.5. The Bertz CT molecular complexity index is 1570. The first kappa shape index (κ1) is 32.7. The quantitative estimate of drug-likeness (QED) is 0.0961. The minimum absolute atomic E-state index is 0.0412. The number of likely N-dealkylation sites (N-methyl/N-ethyl adjacent to an activating group) is 1. The lowest BCUT2D eigenvalue weighted by atomic mass is 9.86. The second kappa shape index (κ2) is 15.5. The molecule has 0 spiro atoms. The van der Waals surface area contributed by atoms with Crippen LogP contribution < -0.4 is 15.6 Å². The number of rotatable bonds is 16. The maximum atomic E-state index is 13.2. The summed E-state index contributed by atoms with van der Waals surface area (Å²) >= 11 is 0. The summed E-state index contributed by atoms with van der Waals surface area (Å²) in [6.45, 7) is 2.17. The Kier molecular flexibility index (Phi) is 11.5. The minimum Gasteiger partial charge on any atom is -0.506 e. The molecule has 234 valence electrons. The van der Waals surface area contributed by atoms with Crippen molar-refractivity contribution in [3.05, 3.63) is 106 Å². The summed E-state index contributed by atoms with van der Waals surface area (Å²) in [4.78, 5) is 29.3. The largest absolute Gasteiger partial charge is 0.506 e. The molecule has 10 heteroatoms. The molecule has 0 saturated heterocycles. The van der Waals surface area contributed by atoms with Crippen LogP contribution in [0.25, 0.3) is 10.9 Å². The van der Waals surface area contributed by atoms with E-state index in [9.17, 15) is 24.9 Å². The lowest BCUT2D eigenvalue weighted by molar-refractivity contribution is -0.162. The number of phenols is 1. The number of nitrogens with zero attached hydrogens (tertiary/aromatic N) is 1. The van der Waals surface area contributed by atoms with E-state index in [1.807, 2.05) is 25.1 Å². The molecule has 10 nitrogen and oxygen atoms in total. The highest BCUT2D eigenvalue weighted by molar-refractivity contribution is 5.87. The van der Waals surface area contributed by atoms with Crippen molar-refractivity contribution in [2.75, 3.05) is 46.9 Å². The lowest BCUT2D eigenvalue weighted by Crippen LogP contribution is -2.39. The Morgan fingerprint density at radius 3 is 2.50 bits per heavy atom. The molecule has 2 atom stereocenters. The number of aliphatic hydroxyl groups is 2. The van der Waals surface area contributed by atoms with Gasteiger partial charge in [0.15, 0.2) is 0 Å². The summed E-state index contributed by atoms with van der Waals surface area (Å²) in [6, 6.07) is 21.7. The fourth-order valence-corrected chi connectivity index (χ4v) is 4.94. The van der Waals surface area contributed by atoms with Crippen LogP contribution in [0.5, 0.6) is 11.5 Å². The van der Waals surface area contributed by atoms with Crippen LogP contribution in [0.4, 0.5) is 0 Å². The van der Waals surface area contributed by atoms with Gasteiger partial charge in [-0.1, -0.05) is 48.5 Å². The number of unbranched alkanes of at least 4 members (excludes halogenated alkanes) is 2. The van der Waals surface area contributed by atoms with Crippen molar-refractivity contribution in [2.24, 2.45) is 0 Å². The molecule has 44 heavy (non-hydrogen) atoms. The highest BCUT2D eigenvalue weighted by Crippen LogP contribution is 2.33. The van der Waals surface area contributed by atoms with E-state index in [2.05, 4.69) is 10.3 Å². The van der Waals surface area contributed by atoms with Crippen LogP contribution in [0, 0.1) is 0 Å². The third kappa shape index (κ3) is 8.23. The number of H-pyrrole nitrogens is 1. The predicted molar refractivity (Wildman–Crippen MR) is 169 cm³/mol. The van der Waals surface area contributed by atoms with Crippen LogP contribution >= 0.6 is 0 Å². The normalized spacial score (nSPS) is 13.5. The van der Waals surface area contributed by atoms with Crippen molar-refractivity contribution in [2.45, 2.75) is 31.0 Å². The third-order valence-electron chi connectivity index (χ3n) is 7.38. The molecule has 0 aliphatic heterocycles. The van der Waals surface area contributed by atoms with Gasteiger partial charge in [0.05, 0.1) is 18.2 Å². The average Bonchev–Trinajstić information content (AvgIpc) is 3.02. The molecule has 0 aliphatic rings. The zero-order chi connectivity index (χ0) is 31.5. The smallest absolute Gasteiger partial charge is 0.347 e. The Hall–Kier alpha value is -4.22. The first-order valence-electron chi connectivity index (χ1n) is 14.8. The lowest BCUT2D eigenvalue weighted by Gasteiger charge is -2.27. The van der Waals surface area contributed by atoms with Crippen LogP contribution in [0.2, 0.25) is 0 Å². The average molecular weight is 604 g/mol. The predicted octanol–water partition coefficient (Wildman–Crippen LogP) is 3.45. The number of phenolic OH excluding ortho intramolecular Hbond substituents is 1. The van der Waals surface area contributed by atoms with Gasteiger partial charge in [0.1, 0.15) is 18.1 Å². The Labute approximate surface area is 256 Å². The Morgan fingerprint density at radius 1 is 0.955 bits per heavy atom. The van der Waals surface area contributed by atoms with Gasteiger partial charge in [-0.25, -0.2) is 4.79 Å². The van der Waals surface area contributed by atoms with Crippen LogP contribution in [-0.2, 0) is 15.1 Å². The standard InChI is InChI=1S/C34H41N3O7/c1-37(2)19-21-44-33(41)34(42,24-10-5-3-6-11-24)25-12-9-13-26(22-25)43-20-8-4-7-18-35-23-30(39)27-14-16-29(38)32-28(27)15-17-31(40)36-32/h3,5-6,9-17,22,30,35,38-39,42H,4,7-8,18-21,23H2,1-2H3,(H,36,40)/t30-,34?/m0/s1.